The third-order valence-electron chi connectivity index (χ3n) is 5.88. The Balaban J connectivity index is 4.72. The highest BCUT2D eigenvalue weighted by Gasteiger charge is 2.33. The average molecular weight is 484 g/mol. The third-order valence-corrected chi connectivity index (χ3v) is 5.88. The molecule has 3 atom stereocenters. The molecule has 0 aliphatic carbocycles. The predicted octanol–water partition coefficient (Wildman–Crippen LogP) is 5.49. The minimum absolute atomic E-state index is 0.111. The maximum absolute atomic E-state index is 13.0. The van der Waals surface area contributed by atoms with Crippen molar-refractivity contribution in [1.29, 1.82) is 0 Å². The molecule has 0 heterocycles. The number of ketones is 1. The molecule has 0 bridgehead atoms. The third kappa shape index (κ3) is 14.6. The van der Waals surface area contributed by atoms with E-state index in [-0.39, 0.29) is 17.6 Å². The summed E-state index contributed by atoms with van der Waals surface area (Å²) >= 11 is 0. The van der Waals surface area contributed by atoms with Gasteiger partial charge in [0.1, 0.15) is 11.6 Å². The second-order valence-corrected chi connectivity index (χ2v) is 11.2. The van der Waals surface area contributed by atoms with E-state index in [1.807, 2.05) is 27.7 Å². The molecular weight excluding hydrogens is 430 g/mol. The number of carbonyl (C=O) groups is 3. The lowest BCUT2D eigenvalue weighted by Gasteiger charge is -2.29. The van der Waals surface area contributed by atoms with Crippen molar-refractivity contribution < 1.29 is 19.1 Å². The Morgan fingerprint density at radius 3 is 1.68 bits per heavy atom. The van der Waals surface area contributed by atoms with Crippen LogP contribution in [0, 0.1) is 11.8 Å². The topological polar surface area (TPSA) is 111 Å². The molecule has 34 heavy (non-hydrogen) atoms. The van der Waals surface area contributed by atoms with E-state index >= 15 is 0 Å². The van der Waals surface area contributed by atoms with Gasteiger partial charge in [0, 0.05) is 0 Å². The van der Waals surface area contributed by atoms with Gasteiger partial charge in [-0.3, -0.25) is 9.59 Å². The van der Waals surface area contributed by atoms with Crippen molar-refractivity contribution in [3.8, 4) is 0 Å². The van der Waals surface area contributed by atoms with E-state index in [9.17, 15) is 14.4 Å². The molecule has 2 amide bonds. The standard InChI is InChI=1S/C27H53N3O4/c1-9-10-11-12-13-14-15-16-17-18-21(28)24(31)22(19(2)3)29-25(32)23(20(4)5)30-26(33)34-27(6,7)8/h19-23H,9-18,28H2,1-8H3,(H,29,32)(H,30,33)/t21?,22-,23-/m0/s1. The second-order valence-electron chi connectivity index (χ2n) is 11.2. The lowest BCUT2D eigenvalue weighted by molar-refractivity contribution is -0.131. The number of nitrogens with one attached hydrogen (secondary N) is 2. The molecule has 1 unspecified atom stereocenters. The molecule has 0 rings (SSSR count). The first-order chi connectivity index (χ1) is 15.8. The molecule has 0 aliphatic rings. The monoisotopic (exact) mass is 483 g/mol. The smallest absolute Gasteiger partial charge is 0.408 e. The van der Waals surface area contributed by atoms with E-state index in [0.717, 1.165) is 12.8 Å². The fourth-order valence-corrected chi connectivity index (χ4v) is 3.83. The van der Waals surface area contributed by atoms with Gasteiger partial charge in [0.05, 0.1) is 12.1 Å². The molecule has 4 N–H and O–H groups in total. The van der Waals surface area contributed by atoms with Gasteiger partial charge in [-0.15, -0.1) is 0 Å². The zero-order valence-electron chi connectivity index (χ0n) is 23.2. The molecule has 0 aliphatic heterocycles. The summed E-state index contributed by atoms with van der Waals surface area (Å²) in [6.45, 7) is 15.0. The van der Waals surface area contributed by atoms with Crippen molar-refractivity contribution in [2.24, 2.45) is 17.6 Å². The van der Waals surface area contributed by atoms with Crippen molar-refractivity contribution >= 4 is 17.8 Å². The van der Waals surface area contributed by atoms with Gasteiger partial charge < -0.3 is 21.1 Å². The van der Waals surface area contributed by atoms with Gasteiger partial charge in [0.25, 0.3) is 0 Å². The van der Waals surface area contributed by atoms with Crippen LogP contribution < -0.4 is 16.4 Å². The van der Waals surface area contributed by atoms with Crippen molar-refractivity contribution in [3.63, 3.8) is 0 Å². The molecular formula is C27H53N3O4. The molecule has 0 saturated carbocycles. The van der Waals surface area contributed by atoms with E-state index < -0.39 is 35.7 Å². The Morgan fingerprint density at radius 2 is 1.24 bits per heavy atom. The zero-order chi connectivity index (χ0) is 26.3. The lowest BCUT2D eigenvalue weighted by atomic mass is 9.92. The molecule has 7 heteroatoms. The highest BCUT2D eigenvalue weighted by atomic mass is 16.6. The highest BCUT2D eigenvalue weighted by Crippen LogP contribution is 2.14. The lowest BCUT2D eigenvalue weighted by Crippen LogP contribution is -2.57. The highest BCUT2D eigenvalue weighted by molar-refractivity contribution is 5.94. The molecule has 0 spiro atoms. The molecule has 200 valence electrons. The van der Waals surface area contributed by atoms with Gasteiger partial charge in [-0.05, 0) is 39.0 Å². The summed E-state index contributed by atoms with van der Waals surface area (Å²) in [5.74, 6) is -0.836. The number of carbonyl (C=O) groups excluding carboxylic acids is 3. The average Bonchev–Trinajstić information content (AvgIpc) is 2.72. The molecule has 0 aromatic carbocycles. The Morgan fingerprint density at radius 1 is 0.765 bits per heavy atom. The van der Waals surface area contributed by atoms with Gasteiger partial charge in [-0.2, -0.15) is 0 Å². The van der Waals surface area contributed by atoms with Crippen LogP contribution in [0.1, 0.15) is 120 Å². The number of ether oxygens (including phenoxy) is 1. The second kappa shape index (κ2) is 16.9. The summed E-state index contributed by atoms with van der Waals surface area (Å²) in [5, 5.41) is 5.48. The summed E-state index contributed by atoms with van der Waals surface area (Å²) in [6.07, 6.45) is 10.8. The van der Waals surface area contributed by atoms with E-state index in [1.54, 1.807) is 20.8 Å². The van der Waals surface area contributed by atoms with Crippen molar-refractivity contribution in [2.75, 3.05) is 0 Å². The summed E-state index contributed by atoms with van der Waals surface area (Å²) in [4.78, 5) is 38.2. The fourth-order valence-electron chi connectivity index (χ4n) is 3.83. The number of Topliss-reactive ketones (excluding diaryl/α,β-unsaturated/α-hetero) is 1. The van der Waals surface area contributed by atoms with Crippen molar-refractivity contribution in [3.05, 3.63) is 0 Å². The molecule has 0 radical (unpaired) electrons. The van der Waals surface area contributed by atoms with Crippen LogP contribution in [0.5, 0.6) is 0 Å². The first-order valence-electron chi connectivity index (χ1n) is 13.4. The number of amides is 2. The summed E-state index contributed by atoms with van der Waals surface area (Å²) < 4.78 is 5.29. The molecule has 0 saturated heterocycles. The van der Waals surface area contributed by atoms with Crippen LogP contribution in [0.2, 0.25) is 0 Å². The SMILES string of the molecule is CCCCCCCCCCCC(N)C(=O)[C@@H](NC(=O)[C@@H](NC(=O)OC(C)(C)C)C(C)C)C(C)C. The van der Waals surface area contributed by atoms with E-state index in [0.29, 0.717) is 6.42 Å². The zero-order valence-corrected chi connectivity index (χ0v) is 23.2. The quantitative estimate of drug-likeness (QED) is 0.237. The number of hydrogen-bond donors (Lipinski definition) is 3. The number of alkyl carbamates (subject to hydrolysis) is 1. The Bertz CT molecular complexity index is 599. The van der Waals surface area contributed by atoms with Gasteiger partial charge in [-0.25, -0.2) is 4.79 Å². The number of hydrogen-bond acceptors (Lipinski definition) is 5. The fraction of sp³-hybridized carbons (Fsp3) is 0.889. The molecule has 0 aromatic heterocycles. The van der Waals surface area contributed by atoms with Gasteiger partial charge in [0.15, 0.2) is 5.78 Å². The van der Waals surface area contributed by atoms with Crippen LogP contribution in [0.15, 0.2) is 0 Å². The van der Waals surface area contributed by atoms with Crippen LogP contribution in [0.25, 0.3) is 0 Å². The van der Waals surface area contributed by atoms with Crippen LogP contribution >= 0.6 is 0 Å². The predicted molar refractivity (Wildman–Crippen MR) is 140 cm³/mol. The molecule has 0 fully saturated rings. The minimum atomic E-state index is -0.808. The maximum Gasteiger partial charge on any atom is 0.408 e. The van der Waals surface area contributed by atoms with Crippen LogP contribution in [0.4, 0.5) is 4.79 Å². The van der Waals surface area contributed by atoms with Gasteiger partial charge in [0.2, 0.25) is 5.91 Å². The Kier molecular flexibility index (Phi) is 16.1. The van der Waals surface area contributed by atoms with E-state index in [1.165, 1.54) is 44.9 Å². The summed E-state index contributed by atoms with van der Waals surface area (Å²) in [6, 6.07) is -2.10. The number of rotatable bonds is 17. The van der Waals surface area contributed by atoms with E-state index in [2.05, 4.69) is 17.6 Å². The van der Waals surface area contributed by atoms with Crippen LogP contribution in [-0.4, -0.2) is 41.5 Å². The molecule has 7 nitrogen and oxygen atoms in total. The first-order valence-corrected chi connectivity index (χ1v) is 13.4. The minimum Gasteiger partial charge on any atom is -0.444 e. The van der Waals surface area contributed by atoms with Crippen molar-refractivity contribution in [2.45, 2.75) is 143 Å². The summed E-state index contributed by atoms with van der Waals surface area (Å²) in [5.41, 5.74) is 5.56. The first kappa shape index (κ1) is 32.4. The Hall–Kier alpha value is -1.63. The van der Waals surface area contributed by atoms with Crippen LogP contribution in [0.3, 0.4) is 0 Å². The maximum atomic E-state index is 13.0. The summed E-state index contributed by atoms with van der Waals surface area (Å²) in [7, 11) is 0. The molecule has 0 aromatic rings. The number of unbranched alkanes of at least 4 members (excludes halogenated alkanes) is 8. The van der Waals surface area contributed by atoms with Gasteiger partial charge in [-0.1, -0.05) is 92.4 Å². The van der Waals surface area contributed by atoms with E-state index in [4.69, 9.17) is 10.5 Å². The largest absolute Gasteiger partial charge is 0.444 e. The van der Waals surface area contributed by atoms with Crippen LogP contribution in [-0.2, 0) is 14.3 Å². The Labute approximate surface area is 208 Å². The normalized spacial score (nSPS) is 14.6. The number of nitrogens with two attached hydrogens (primary N) is 1. The van der Waals surface area contributed by atoms with Gasteiger partial charge >= 0.3 is 6.09 Å². The van der Waals surface area contributed by atoms with Crippen molar-refractivity contribution in [1.82, 2.24) is 10.6 Å².